The Morgan fingerprint density at radius 3 is 2.42 bits per heavy atom. The topological polar surface area (TPSA) is 65.7 Å². The maximum absolute atomic E-state index is 5.73. The lowest BCUT2D eigenvalue weighted by Gasteiger charge is -2.25. The standard InChI is InChI=1S/C14H20N2O3/c1-17-11-6-3-7-12(18-2)13(11)14(16-15)10-5-4-8-19-9-10/h3,6-7,9,14,16H,4-5,8,15H2,1-2H3. The van der Waals surface area contributed by atoms with E-state index in [4.69, 9.17) is 20.1 Å². The summed E-state index contributed by atoms with van der Waals surface area (Å²) in [5.74, 6) is 7.21. The van der Waals surface area contributed by atoms with Gasteiger partial charge in [-0.2, -0.15) is 0 Å². The molecule has 0 aromatic heterocycles. The Kier molecular flexibility index (Phi) is 4.65. The third-order valence-corrected chi connectivity index (χ3v) is 3.25. The van der Waals surface area contributed by atoms with Crippen molar-refractivity contribution in [3.63, 3.8) is 0 Å². The highest BCUT2D eigenvalue weighted by molar-refractivity contribution is 5.49. The van der Waals surface area contributed by atoms with Gasteiger partial charge in [-0.05, 0) is 30.5 Å². The minimum atomic E-state index is -0.175. The summed E-state index contributed by atoms with van der Waals surface area (Å²) in [6.45, 7) is 0.754. The molecule has 1 aliphatic rings. The molecule has 1 aromatic carbocycles. The number of hydrogen-bond acceptors (Lipinski definition) is 5. The van der Waals surface area contributed by atoms with E-state index < -0.39 is 0 Å². The predicted octanol–water partition coefficient (Wildman–Crippen LogP) is 1.90. The molecule has 1 aromatic rings. The molecule has 5 heteroatoms. The lowest BCUT2D eigenvalue weighted by Crippen LogP contribution is -2.31. The molecular weight excluding hydrogens is 244 g/mol. The SMILES string of the molecule is COc1cccc(OC)c1C(NN)C1=COCCC1. The van der Waals surface area contributed by atoms with Gasteiger partial charge in [-0.3, -0.25) is 5.84 Å². The number of hydrazine groups is 1. The number of nitrogens with two attached hydrogens (primary N) is 1. The van der Waals surface area contributed by atoms with Crippen LogP contribution in [-0.4, -0.2) is 20.8 Å². The van der Waals surface area contributed by atoms with Crippen LogP contribution < -0.4 is 20.7 Å². The number of rotatable bonds is 5. The molecule has 0 bridgehead atoms. The minimum Gasteiger partial charge on any atom is -0.501 e. The average molecular weight is 264 g/mol. The van der Waals surface area contributed by atoms with Gasteiger partial charge in [0.05, 0.1) is 38.7 Å². The third kappa shape index (κ3) is 2.83. The Morgan fingerprint density at radius 2 is 1.95 bits per heavy atom. The van der Waals surface area contributed by atoms with E-state index in [2.05, 4.69) is 5.43 Å². The Bertz CT molecular complexity index is 438. The highest BCUT2D eigenvalue weighted by Crippen LogP contribution is 2.38. The van der Waals surface area contributed by atoms with Gasteiger partial charge in [0.1, 0.15) is 11.5 Å². The molecule has 19 heavy (non-hydrogen) atoms. The van der Waals surface area contributed by atoms with Gasteiger partial charge in [-0.25, -0.2) is 5.43 Å². The van der Waals surface area contributed by atoms with Crippen LogP contribution in [0.5, 0.6) is 11.5 Å². The Hall–Kier alpha value is -1.72. The molecule has 1 unspecified atom stereocenters. The third-order valence-electron chi connectivity index (χ3n) is 3.25. The van der Waals surface area contributed by atoms with Crippen LogP contribution in [0.3, 0.4) is 0 Å². The molecule has 3 N–H and O–H groups in total. The average Bonchev–Trinajstić information content (AvgIpc) is 2.49. The van der Waals surface area contributed by atoms with E-state index in [-0.39, 0.29) is 6.04 Å². The Balaban J connectivity index is 2.44. The quantitative estimate of drug-likeness (QED) is 0.628. The summed E-state index contributed by atoms with van der Waals surface area (Å²) in [6.07, 6.45) is 3.71. The zero-order chi connectivity index (χ0) is 13.7. The normalized spacial score (nSPS) is 16.3. The van der Waals surface area contributed by atoms with Crippen molar-refractivity contribution in [1.82, 2.24) is 5.43 Å². The van der Waals surface area contributed by atoms with Crippen molar-refractivity contribution in [2.24, 2.45) is 5.84 Å². The molecule has 0 fully saturated rings. The van der Waals surface area contributed by atoms with Crippen LogP contribution in [0.25, 0.3) is 0 Å². The van der Waals surface area contributed by atoms with Gasteiger partial charge >= 0.3 is 0 Å². The molecule has 0 saturated carbocycles. The molecule has 5 nitrogen and oxygen atoms in total. The first-order valence-corrected chi connectivity index (χ1v) is 6.29. The molecule has 0 spiro atoms. The van der Waals surface area contributed by atoms with Crippen molar-refractivity contribution in [2.45, 2.75) is 18.9 Å². The van der Waals surface area contributed by atoms with Gasteiger partial charge in [0, 0.05) is 0 Å². The van der Waals surface area contributed by atoms with E-state index in [9.17, 15) is 0 Å². The molecule has 1 aliphatic heterocycles. The number of hydrogen-bond donors (Lipinski definition) is 2. The molecule has 0 saturated heterocycles. The van der Waals surface area contributed by atoms with Crippen LogP contribution in [0.1, 0.15) is 24.4 Å². The lowest BCUT2D eigenvalue weighted by atomic mass is 9.94. The molecule has 1 heterocycles. The highest BCUT2D eigenvalue weighted by atomic mass is 16.5. The van der Waals surface area contributed by atoms with E-state index in [0.717, 1.165) is 42.1 Å². The summed E-state index contributed by atoms with van der Waals surface area (Å²) in [5.41, 5.74) is 4.82. The van der Waals surface area contributed by atoms with Gasteiger partial charge in [0.25, 0.3) is 0 Å². The van der Waals surface area contributed by atoms with Gasteiger partial charge in [-0.15, -0.1) is 0 Å². The summed E-state index contributed by atoms with van der Waals surface area (Å²) in [4.78, 5) is 0. The molecular formula is C14H20N2O3. The fraction of sp³-hybridized carbons (Fsp3) is 0.429. The first kappa shape index (κ1) is 13.7. The predicted molar refractivity (Wildman–Crippen MR) is 72.9 cm³/mol. The van der Waals surface area contributed by atoms with Crippen molar-refractivity contribution in [2.75, 3.05) is 20.8 Å². The van der Waals surface area contributed by atoms with Crippen molar-refractivity contribution in [1.29, 1.82) is 0 Å². The van der Waals surface area contributed by atoms with Gasteiger partial charge in [0.2, 0.25) is 0 Å². The van der Waals surface area contributed by atoms with E-state index in [1.807, 2.05) is 18.2 Å². The summed E-state index contributed by atoms with van der Waals surface area (Å²) in [7, 11) is 3.27. The van der Waals surface area contributed by atoms with Crippen molar-refractivity contribution in [3.05, 3.63) is 35.6 Å². The van der Waals surface area contributed by atoms with Crippen LogP contribution in [0, 0.1) is 0 Å². The number of ether oxygens (including phenoxy) is 3. The second-order valence-electron chi connectivity index (χ2n) is 4.34. The summed E-state index contributed by atoms with van der Waals surface area (Å²) in [6, 6.07) is 5.51. The number of methoxy groups -OCH3 is 2. The van der Waals surface area contributed by atoms with E-state index >= 15 is 0 Å². The first-order chi connectivity index (χ1) is 9.31. The van der Waals surface area contributed by atoms with Crippen LogP contribution in [0.4, 0.5) is 0 Å². The number of nitrogens with one attached hydrogen (secondary N) is 1. The zero-order valence-corrected chi connectivity index (χ0v) is 11.3. The second-order valence-corrected chi connectivity index (χ2v) is 4.34. The first-order valence-electron chi connectivity index (χ1n) is 6.29. The van der Waals surface area contributed by atoms with E-state index in [0.29, 0.717) is 0 Å². The highest BCUT2D eigenvalue weighted by Gasteiger charge is 2.24. The van der Waals surface area contributed by atoms with Crippen LogP contribution in [0.2, 0.25) is 0 Å². The summed E-state index contributed by atoms with van der Waals surface area (Å²) < 4.78 is 16.2. The van der Waals surface area contributed by atoms with Crippen molar-refractivity contribution in [3.8, 4) is 11.5 Å². The molecule has 0 aliphatic carbocycles. The fourth-order valence-corrected chi connectivity index (χ4v) is 2.34. The molecule has 0 radical (unpaired) electrons. The van der Waals surface area contributed by atoms with Crippen molar-refractivity contribution < 1.29 is 14.2 Å². The van der Waals surface area contributed by atoms with Gasteiger partial charge in [0.15, 0.2) is 0 Å². The zero-order valence-electron chi connectivity index (χ0n) is 11.3. The Labute approximate surface area is 113 Å². The smallest absolute Gasteiger partial charge is 0.127 e. The lowest BCUT2D eigenvalue weighted by molar-refractivity contribution is 0.219. The van der Waals surface area contributed by atoms with Gasteiger partial charge < -0.3 is 14.2 Å². The molecule has 2 rings (SSSR count). The van der Waals surface area contributed by atoms with E-state index in [1.54, 1.807) is 20.5 Å². The van der Waals surface area contributed by atoms with Crippen LogP contribution >= 0.6 is 0 Å². The molecule has 1 atom stereocenters. The van der Waals surface area contributed by atoms with E-state index in [1.165, 1.54) is 0 Å². The van der Waals surface area contributed by atoms with Crippen LogP contribution in [-0.2, 0) is 4.74 Å². The maximum Gasteiger partial charge on any atom is 0.127 e. The second kappa shape index (κ2) is 6.45. The fourth-order valence-electron chi connectivity index (χ4n) is 2.34. The molecule has 104 valence electrons. The summed E-state index contributed by atoms with van der Waals surface area (Å²) >= 11 is 0. The Morgan fingerprint density at radius 1 is 1.26 bits per heavy atom. The van der Waals surface area contributed by atoms with Crippen LogP contribution in [0.15, 0.2) is 30.0 Å². The largest absolute Gasteiger partial charge is 0.501 e. The maximum atomic E-state index is 5.73. The molecule has 0 amide bonds. The van der Waals surface area contributed by atoms with Gasteiger partial charge in [-0.1, -0.05) is 6.07 Å². The van der Waals surface area contributed by atoms with Crippen molar-refractivity contribution >= 4 is 0 Å². The summed E-state index contributed by atoms with van der Waals surface area (Å²) in [5, 5.41) is 0. The minimum absolute atomic E-state index is 0.175. The number of benzene rings is 1. The monoisotopic (exact) mass is 264 g/mol.